The van der Waals surface area contributed by atoms with Crippen LogP contribution in [0.15, 0.2) is 10.7 Å². The number of halogens is 2. The molecule has 7 nitrogen and oxygen atoms in total. The lowest BCUT2D eigenvalue weighted by Gasteiger charge is -2.30. The normalized spacial score (nSPS) is 16.3. The van der Waals surface area contributed by atoms with E-state index in [0.29, 0.717) is 37.6 Å². The number of carbonyl (C=O) groups is 1. The predicted octanol–water partition coefficient (Wildman–Crippen LogP) is 2.07. The molecule has 1 amide bonds. The highest BCUT2D eigenvalue weighted by molar-refractivity contribution is 5.95. The van der Waals surface area contributed by atoms with Crippen molar-refractivity contribution in [2.75, 3.05) is 13.1 Å². The number of aryl methyl sites for hydroxylation is 2. The van der Waals surface area contributed by atoms with Gasteiger partial charge in [0.05, 0.1) is 11.8 Å². The maximum Gasteiger partial charge on any atom is 0.280 e. The second-order valence-corrected chi connectivity index (χ2v) is 5.61. The Kier molecular flexibility index (Phi) is 4.10. The number of hydrogen-bond donors (Lipinski definition) is 0. The highest BCUT2D eigenvalue weighted by atomic mass is 19.3. The lowest BCUT2D eigenvalue weighted by atomic mass is 9.96. The van der Waals surface area contributed by atoms with Crippen LogP contribution in [0.5, 0.6) is 0 Å². The zero-order valence-corrected chi connectivity index (χ0v) is 12.9. The Balaban J connectivity index is 1.69. The van der Waals surface area contributed by atoms with E-state index in [1.807, 2.05) is 0 Å². The van der Waals surface area contributed by atoms with Crippen molar-refractivity contribution in [3.8, 4) is 0 Å². The first-order valence-electron chi connectivity index (χ1n) is 7.37. The molecule has 2 aromatic rings. The molecule has 0 radical (unpaired) electrons. The highest BCUT2D eigenvalue weighted by Crippen LogP contribution is 2.29. The molecule has 0 unspecified atom stereocenters. The molecule has 3 rings (SSSR count). The molecule has 1 saturated heterocycles. The molecule has 1 aliphatic heterocycles. The van der Waals surface area contributed by atoms with Gasteiger partial charge in [-0.05, 0) is 19.8 Å². The van der Waals surface area contributed by atoms with Crippen LogP contribution in [0, 0.1) is 6.92 Å². The summed E-state index contributed by atoms with van der Waals surface area (Å²) in [5.41, 5.74) is -0.376. The van der Waals surface area contributed by atoms with Crippen molar-refractivity contribution >= 4 is 5.91 Å². The first kappa shape index (κ1) is 15.6. The molecule has 9 heteroatoms. The van der Waals surface area contributed by atoms with Gasteiger partial charge in [-0.2, -0.15) is 10.1 Å². The molecular formula is C14H17F2N5O2. The monoisotopic (exact) mass is 325 g/mol. The fourth-order valence-electron chi connectivity index (χ4n) is 2.85. The van der Waals surface area contributed by atoms with Gasteiger partial charge in [0.15, 0.2) is 5.82 Å². The van der Waals surface area contributed by atoms with Crippen molar-refractivity contribution in [1.82, 2.24) is 24.8 Å². The SMILES string of the molecule is Cc1noc(C2CCN(C(=O)c3cnn(C)c3C(F)F)CC2)n1. The Morgan fingerprint density at radius 1 is 1.39 bits per heavy atom. The fourth-order valence-corrected chi connectivity index (χ4v) is 2.85. The van der Waals surface area contributed by atoms with Gasteiger partial charge in [-0.15, -0.1) is 0 Å². The van der Waals surface area contributed by atoms with Gasteiger partial charge in [0.1, 0.15) is 5.69 Å². The molecule has 0 aliphatic carbocycles. The van der Waals surface area contributed by atoms with Crippen LogP contribution < -0.4 is 0 Å². The third kappa shape index (κ3) is 2.95. The van der Waals surface area contributed by atoms with E-state index < -0.39 is 12.3 Å². The minimum absolute atomic E-state index is 0.0328. The standard InChI is InChI=1S/C14H17F2N5O2/c1-8-18-13(23-19-8)9-3-5-21(6-4-9)14(22)10-7-17-20(2)11(10)12(15)16/h7,9,12H,3-6H2,1-2H3. The van der Waals surface area contributed by atoms with Crippen molar-refractivity contribution in [2.45, 2.75) is 32.1 Å². The molecule has 0 spiro atoms. The van der Waals surface area contributed by atoms with Crippen molar-refractivity contribution in [2.24, 2.45) is 7.05 Å². The minimum atomic E-state index is -2.74. The number of hydrogen-bond acceptors (Lipinski definition) is 5. The lowest BCUT2D eigenvalue weighted by Crippen LogP contribution is -2.38. The third-order valence-electron chi connectivity index (χ3n) is 4.10. The van der Waals surface area contributed by atoms with Crippen LogP contribution in [-0.4, -0.2) is 43.8 Å². The molecule has 0 saturated carbocycles. The Morgan fingerprint density at radius 3 is 2.65 bits per heavy atom. The van der Waals surface area contributed by atoms with Gasteiger partial charge in [-0.1, -0.05) is 5.16 Å². The zero-order chi connectivity index (χ0) is 16.6. The second-order valence-electron chi connectivity index (χ2n) is 5.61. The van der Waals surface area contributed by atoms with Crippen molar-refractivity contribution in [1.29, 1.82) is 0 Å². The van der Waals surface area contributed by atoms with E-state index in [9.17, 15) is 13.6 Å². The Morgan fingerprint density at radius 2 is 2.09 bits per heavy atom. The number of amides is 1. The Bertz CT molecular complexity index is 704. The van der Waals surface area contributed by atoms with Crippen LogP contribution in [0.4, 0.5) is 8.78 Å². The van der Waals surface area contributed by atoms with E-state index in [4.69, 9.17) is 4.52 Å². The van der Waals surface area contributed by atoms with Crippen molar-refractivity contribution in [3.05, 3.63) is 29.2 Å². The van der Waals surface area contributed by atoms with Gasteiger partial charge in [0.25, 0.3) is 12.3 Å². The third-order valence-corrected chi connectivity index (χ3v) is 4.10. The van der Waals surface area contributed by atoms with Crippen molar-refractivity contribution < 1.29 is 18.1 Å². The molecule has 0 atom stereocenters. The van der Waals surface area contributed by atoms with Gasteiger partial charge in [0, 0.05) is 26.1 Å². The topological polar surface area (TPSA) is 77.0 Å². The van der Waals surface area contributed by atoms with Crippen LogP contribution in [-0.2, 0) is 7.05 Å². The summed E-state index contributed by atoms with van der Waals surface area (Å²) in [5.74, 6) is 0.844. The smallest absolute Gasteiger partial charge is 0.280 e. The number of nitrogens with zero attached hydrogens (tertiary/aromatic N) is 5. The summed E-state index contributed by atoms with van der Waals surface area (Å²) >= 11 is 0. The van der Waals surface area contributed by atoms with Crippen LogP contribution >= 0.6 is 0 Å². The summed E-state index contributed by atoms with van der Waals surface area (Å²) in [7, 11) is 1.41. The molecule has 0 aromatic carbocycles. The van der Waals surface area contributed by atoms with E-state index >= 15 is 0 Å². The molecular weight excluding hydrogens is 308 g/mol. The number of likely N-dealkylation sites (tertiary alicyclic amines) is 1. The van der Waals surface area contributed by atoms with Crippen molar-refractivity contribution in [3.63, 3.8) is 0 Å². The van der Waals surface area contributed by atoms with E-state index in [0.717, 1.165) is 4.68 Å². The highest BCUT2D eigenvalue weighted by Gasteiger charge is 2.31. The number of piperidine rings is 1. The van der Waals surface area contributed by atoms with Gasteiger partial charge < -0.3 is 9.42 Å². The van der Waals surface area contributed by atoms with E-state index in [1.54, 1.807) is 11.8 Å². The minimum Gasteiger partial charge on any atom is -0.339 e. The average molecular weight is 325 g/mol. The molecule has 1 fully saturated rings. The van der Waals surface area contributed by atoms with Gasteiger partial charge in [-0.3, -0.25) is 9.48 Å². The quantitative estimate of drug-likeness (QED) is 0.863. The summed E-state index contributed by atoms with van der Waals surface area (Å²) in [6, 6.07) is 0. The number of carbonyl (C=O) groups excluding carboxylic acids is 1. The maximum atomic E-state index is 13.1. The molecule has 3 heterocycles. The first-order valence-corrected chi connectivity index (χ1v) is 7.37. The molecule has 1 aliphatic rings. The van der Waals surface area contributed by atoms with Crippen LogP contribution in [0.2, 0.25) is 0 Å². The largest absolute Gasteiger partial charge is 0.339 e. The number of aromatic nitrogens is 4. The molecule has 0 N–H and O–H groups in total. The van der Waals surface area contributed by atoms with Gasteiger partial charge >= 0.3 is 0 Å². The Hall–Kier alpha value is -2.32. The van der Waals surface area contributed by atoms with E-state index in [2.05, 4.69) is 15.2 Å². The lowest BCUT2D eigenvalue weighted by molar-refractivity contribution is 0.0691. The molecule has 2 aromatic heterocycles. The summed E-state index contributed by atoms with van der Waals surface area (Å²) < 4.78 is 32.4. The van der Waals surface area contributed by atoms with E-state index in [1.165, 1.54) is 13.2 Å². The summed E-state index contributed by atoms with van der Waals surface area (Å²) in [6.45, 7) is 2.67. The summed E-state index contributed by atoms with van der Waals surface area (Å²) in [4.78, 5) is 18.3. The van der Waals surface area contributed by atoms with Crippen LogP contribution in [0.25, 0.3) is 0 Å². The van der Waals surface area contributed by atoms with Gasteiger partial charge in [0.2, 0.25) is 5.89 Å². The summed E-state index contributed by atoms with van der Waals surface area (Å²) in [6.07, 6.45) is -0.201. The summed E-state index contributed by atoms with van der Waals surface area (Å²) in [5, 5.41) is 7.54. The Labute approximate surface area is 131 Å². The average Bonchev–Trinajstić information content (AvgIpc) is 3.12. The van der Waals surface area contributed by atoms with Crippen LogP contribution in [0.3, 0.4) is 0 Å². The van der Waals surface area contributed by atoms with Gasteiger partial charge in [-0.25, -0.2) is 8.78 Å². The van der Waals surface area contributed by atoms with E-state index in [-0.39, 0.29) is 17.2 Å². The molecule has 124 valence electrons. The second kappa shape index (κ2) is 6.05. The van der Waals surface area contributed by atoms with Crippen LogP contribution in [0.1, 0.15) is 53.0 Å². The maximum absolute atomic E-state index is 13.1. The number of alkyl halides is 2. The first-order chi connectivity index (χ1) is 11.0. The molecule has 23 heavy (non-hydrogen) atoms. The number of rotatable bonds is 3. The zero-order valence-electron chi connectivity index (χ0n) is 12.9. The molecule has 0 bridgehead atoms. The predicted molar refractivity (Wildman–Crippen MR) is 75.1 cm³/mol. The fraction of sp³-hybridized carbons (Fsp3) is 0.571.